The summed E-state index contributed by atoms with van der Waals surface area (Å²) in [7, 11) is 0. The molecule has 0 aromatic heterocycles. The Balaban J connectivity index is 1.49. The Bertz CT molecular complexity index is 663. The van der Waals surface area contributed by atoms with Gasteiger partial charge in [-0.05, 0) is 25.5 Å². The zero-order valence-electron chi connectivity index (χ0n) is 15.4. The van der Waals surface area contributed by atoms with Crippen molar-refractivity contribution < 1.29 is 14.4 Å². The summed E-state index contributed by atoms with van der Waals surface area (Å²) in [6, 6.07) is 7.14. The predicted octanol–water partition coefficient (Wildman–Crippen LogP) is 0.772. The first-order chi connectivity index (χ1) is 12.5. The normalized spacial score (nSPS) is 19.5. The molecular weight excluding hydrogens is 332 g/mol. The Morgan fingerprint density at radius 1 is 1.04 bits per heavy atom. The first-order valence-corrected chi connectivity index (χ1v) is 9.19. The standard InChI is InChI=1S/C19H26N4O3/c1-3-14(2)20-17(24)12-21-8-10-22(11-9-21)13-23-18(25)15-6-4-5-7-16(15)19(23)26/h4-7,14H,3,8-13H2,1-2H3,(H,20,24)/t14-/m1/s1. The van der Waals surface area contributed by atoms with E-state index in [1.807, 2.05) is 13.8 Å². The zero-order chi connectivity index (χ0) is 18.7. The Morgan fingerprint density at radius 3 is 2.12 bits per heavy atom. The first kappa shape index (κ1) is 18.5. The molecule has 1 saturated heterocycles. The number of rotatable bonds is 6. The van der Waals surface area contributed by atoms with Gasteiger partial charge in [0.2, 0.25) is 5.91 Å². The monoisotopic (exact) mass is 358 g/mol. The molecule has 1 aromatic carbocycles. The van der Waals surface area contributed by atoms with Crippen molar-refractivity contribution in [2.24, 2.45) is 0 Å². The predicted molar refractivity (Wildman–Crippen MR) is 97.7 cm³/mol. The van der Waals surface area contributed by atoms with Crippen LogP contribution in [0.3, 0.4) is 0 Å². The van der Waals surface area contributed by atoms with Crippen LogP contribution in [0.4, 0.5) is 0 Å². The average molecular weight is 358 g/mol. The third kappa shape index (κ3) is 3.94. The fourth-order valence-electron chi connectivity index (χ4n) is 3.28. The summed E-state index contributed by atoms with van der Waals surface area (Å²) in [5.41, 5.74) is 0.968. The molecule has 3 amide bonds. The highest BCUT2D eigenvalue weighted by Crippen LogP contribution is 2.22. The van der Waals surface area contributed by atoms with E-state index in [9.17, 15) is 14.4 Å². The molecule has 0 saturated carbocycles. The molecule has 7 heteroatoms. The molecular formula is C19H26N4O3. The van der Waals surface area contributed by atoms with E-state index in [1.165, 1.54) is 4.90 Å². The van der Waals surface area contributed by atoms with Crippen LogP contribution in [0.1, 0.15) is 41.0 Å². The molecule has 0 bridgehead atoms. The number of fused-ring (bicyclic) bond motifs is 1. The highest BCUT2D eigenvalue weighted by Gasteiger charge is 2.36. The van der Waals surface area contributed by atoms with Crippen LogP contribution in [0.15, 0.2) is 24.3 Å². The molecule has 1 aromatic rings. The van der Waals surface area contributed by atoms with Crippen molar-refractivity contribution in [3.63, 3.8) is 0 Å². The maximum Gasteiger partial charge on any atom is 0.262 e. The molecule has 1 N–H and O–H groups in total. The van der Waals surface area contributed by atoms with Crippen molar-refractivity contribution in [2.75, 3.05) is 39.4 Å². The topological polar surface area (TPSA) is 73.0 Å². The average Bonchev–Trinajstić information content (AvgIpc) is 2.88. The first-order valence-electron chi connectivity index (χ1n) is 9.19. The van der Waals surface area contributed by atoms with Crippen LogP contribution < -0.4 is 5.32 Å². The Labute approximate surface area is 153 Å². The third-order valence-electron chi connectivity index (χ3n) is 5.07. The quantitative estimate of drug-likeness (QED) is 0.761. The lowest BCUT2D eigenvalue weighted by atomic mass is 10.1. The number of amides is 3. The smallest absolute Gasteiger partial charge is 0.262 e. The van der Waals surface area contributed by atoms with E-state index in [0.717, 1.165) is 32.6 Å². The van der Waals surface area contributed by atoms with Gasteiger partial charge in [-0.1, -0.05) is 19.1 Å². The van der Waals surface area contributed by atoms with E-state index < -0.39 is 0 Å². The van der Waals surface area contributed by atoms with Gasteiger partial charge in [0.15, 0.2) is 0 Å². The minimum absolute atomic E-state index is 0.0492. The van der Waals surface area contributed by atoms with Gasteiger partial charge < -0.3 is 5.32 Å². The van der Waals surface area contributed by atoms with Crippen LogP contribution in [-0.4, -0.2) is 77.9 Å². The number of imide groups is 1. The summed E-state index contributed by atoms with van der Waals surface area (Å²) in [6.45, 7) is 7.69. The zero-order valence-corrected chi connectivity index (χ0v) is 15.4. The molecule has 0 radical (unpaired) electrons. The van der Waals surface area contributed by atoms with Crippen LogP contribution >= 0.6 is 0 Å². The molecule has 2 heterocycles. The largest absolute Gasteiger partial charge is 0.353 e. The summed E-state index contributed by atoms with van der Waals surface area (Å²) >= 11 is 0. The molecule has 0 spiro atoms. The summed E-state index contributed by atoms with van der Waals surface area (Å²) in [4.78, 5) is 42.4. The van der Waals surface area contributed by atoms with Gasteiger partial charge in [-0.2, -0.15) is 0 Å². The van der Waals surface area contributed by atoms with E-state index in [0.29, 0.717) is 24.3 Å². The lowest BCUT2D eigenvalue weighted by Gasteiger charge is -2.35. The molecule has 1 atom stereocenters. The number of hydrogen-bond acceptors (Lipinski definition) is 5. The Hall–Kier alpha value is -2.25. The molecule has 0 unspecified atom stereocenters. The van der Waals surface area contributed by atoms with Gasteiger partial charge in [-0.3, -0.25) is 29.1 Å². The second-order valence-corrected chi connectivity index (χ2v) is 7.00. The van der Waals surface area contributed by atoms with Gasteiger partial charge in [-0.15, -0.1) is 0 Å². The number of nitrogens with zero attached hydrogens (tertiary/aromatic N) is 3. The highest BCUT2D eigenvalue weighted by atomic mass is 16.2. The molecule has 2 aliphatic heterocycles. The van der Waals surface area contributed by atoms with E-state index in [-0.39, 0.29) is 23.8 Å². The minimum atomic E-state index is -0.221. The SMILES string of the molecule is CC[C@@H](C)NC(=O)CN1CCN(CN2C(=O)c3ccccc3C2=O)CC1. The van der Waals surface area contributed by atoms with Crippen molar-refractivity contribution in [3.05, 3.63) is 35.4 Å². The second-order valence-electron chi connectivity index (χ2n) is 7.00. The number of piperazine rings is 1. The number of nitrogens with one attached hydrogen (secondary N) is 1. The lowest BCUT2D eigenvalue weighted by Crippen LogP contribution is -2.53. The Kier molecular flexibility index (Phi) is 5.68. The van der Waals surface area contributed by atoms with Gasteiger partial charge in [0, 0.05) is 32.2 Å². The van der Waals surface area contributed by atoms with Crippen LogP contribution in [0, 0.1) is 0 Å². The van der Waals surface area contributed by atoms with E-state index in [4.69, 9.17) is 0 Å². The van der Waals surface area contributed by atoms with Crippen molar-refractivity contribution >= 4 is 17.7 Å². The van der Waals surface area contributed by atoms with Gasteiger partial charge in [0.1, 0.15) is 0 Å². The fourth-order valence-corrected chi connectivity index (χ4v) is 3.28. The Morgan fingerprint density at radius 2 is 1.58 bits per heavy atom. The van der Waals surface area contributed by atoms with E-state index in [2.05, 4.69) is 15.1 Å². The van der Waals surface area contributed by atoms with Gasteiger partial charge in [0.25, 0.3) is 11.8 Å². The summed E-state index contributed by atoms with van der Waals surface area (Å²) in [6.07, 6.45) is 0.916. The molecule has 2 aliphatic rings. The minimum Gasteiger partial charge on any atom is -0.353 e. The van der Waals surface area contributed by atoms with E-state index in [1.54, 1.807) is 24.3 Å². The summed E-state index contributed by atoms with van der Waals surface area (Å²) in [5, 5.41) is 2.98. The maximum absolute atomic E-state index is 12.4. The molecule has 7 nitrogen and oxygen atoms in total. The molecule has 140 valence electrons. The summed E-state index contributed by atoms with van der Waals surface area (Å²) < 4.78 is 0. The maximum atomic E-state index is 12.4. The number of hydrogen-bond donors (Lipinski definition) is 1. The van der Waals surface area contributed by atoms with Crippen molar-refractivity contribution in [1.29, 1.82) is 0 Å². The summed E-state index contributed by atoms with van der Waals surface area (Å²) in [5.74, 6) is -0.393. The van der Waals surface area contributed by atoms with Crippen molar-refractivity contribution in [3.8, 4) is 0 Å². The third-order valence-corrected chi connectivity index (χ3v) is 5.07. The number of carbonyl (C=O) groups is 3. The lowest BCUT2D eigenvalue weighted by molar-refractivity contribution is -0.123. The second kappa shape index (κ2) is 7.97. The van der Waals surface area contributed by atoms with Crippen LogP contribution in [0.2, 0.25) is 0 Å². The van der Waals surface area contributed by atoms with Gasteiger partial charge in [-0.25, -0.2) is 0 Å². The molecule has 26 heavy (non-hydrogen) atoms. The van der Waals surface area contributed by atoms with E-state index >= 15 is 0 Å². The highest BCUT2D eigenvalue weighted by molar-refractivity contribution is 6.21. The fraction of sp³-hybridized carbons (Fsp3) is 0.526. The van der Waals surface area contributed by atoms with Gasteiger partial charge in [0.05, 0.1) is 24.3 Å². The number of benzene rings is 1. The van der Waals surface area contributed by atoms with Crippen molar-refractivity contribution in [2.45, 2.75) is 26.3 Å². The molecule has 1 fully saturated rings. The van der Waals surface area contributed by atoms with Crippen LogP contribution in [0.25, 0.3) is 0 Å². The molecule has 0 aliphatic carbocycles. The van der Waals surface area contributed by atoms with Gasteiger partial charge >= 0.3 is 0 Å². The number of carbonyl (C=O) groups excluding carboxylic acids is 3. The molecule has 3 rings (SSSR count). The van der Waals surface area contributed by atoms with Crippen LogP contribution in [0.5, 0.6) is 0 Å². The van der Waals surface area contributed by atoms with Crippen molar-refractivity contribution in [1.82, 2.24) is 20.0 Å². The van der Waals surface area contributed by atoms with Crippen LogP contribution in [-0.2, 0) is 4.79 Å².